The van der Waals surface area contributed by atoms with Crippen molar-refractivity contribution in [1.29, 1.82) is 0 Å². The zero-order valence-corrected chi connectivity index (χ0v) is 25.8. The molecular formula is C35H30N2O11. The molecule has 0 amide bonds. The van der Waals surface area contributed by atoms with E-state index in [-0.39, 0.29) is 35.7 Å². The van der Waals surface area contributed by atoms with Crippen molar-refractivity contribution >= 4 is 29.8 Å². The van der Waals surface area contributed by atoms with Crippen LogP contribution >= 0.6 is 0 Å². The van der Waals surface area contributed by atoms with E-state index in [9.17, 15) is 24.0 Å². The van der Waals surface area contributed by atoms with Gasteiger partial charge in [0.15, 0.2) is 11.4 Å². The molecule has 0 N–H and O–H groups in total. The first-order valence-corrected chi connectivity index (χ1v) is 14.9. The predicted molar refractivity (Wildman–Crippen MR) is 164 cm³/mol. The van der Waals surface area contributed by atoms with Crippen LogP contribution in [0, 0.1) is 11.3 Å². The van der Waals surface area contributed by atoms with Crippen molar-refractivity contribution in [3.8, 4) is 0 Å². The van der Waals surface area contributed by atoms with Gasteiger partial charge in [-0.25, -0.2) is 29.0 Å². The molecule has 5 atom stereocenters. The molecule has 2 fully saturated rings. The van der Waals surface area contributed by atoms with Crippen molar-refractivity contribution in [3.05, 3.63) is 125 Å². The van der Waals surface area contributed by atoms with Crippen LogP contribution in [0.1, 0.15) is 58.3 Å². The maximum Gasteiger partial charge on any atom is 0.359 e. The zero-order chi connectivity index (χ0) is 33.8. The summed E-state index contributed by atoms with van der Waals surface area (Å²) < 4.78 is 35.0. The Morgan fingerprint density at radius 2 is 1.23 bits per heavy atom. The van der Waals surface area contributed by atoms with Crippen LogP contribution < -0.4 is 0 Å². The maximum atomic E-state index is 13.4. The van der Waals surface area contributed by atoms with Gasteiger partial charge in [0.25, 0.3) is 0 Å². The summed E-state index contributed by atoms with van der Waals surface area (Å²) in [5, 5.41) is 0. The molecule has 1 aromatic heterocycles. The Balaban J connectivity index is 1.39. The van der Waals surface area contributed by atoms with Crippen LogP contribution in [0.5, 0.6) is 0 Å². The van der Waals surface area contributed by atoms with Crippen LogP contribution in [0.15, 0.2) is 97.3 Å². The quantitative estimate of drug-likeness (QED) is 0.170. The Hall–Kier alpha value is -5.82. The number of carbonyl (C=O) groups is 5. The van der Waals surface area contributed by atoms with Gasteiger partial charge in [-0.15, -0.1) is 0 Å². The van der Waals surface area contributed by atoms with Crippen LogP contribution in [0.2, 0.25) is 0 Å². The molecule has 1 saturated carbocycles. The summed E-state index contributed by atoms with van der Waals surface area (Å²) in [6.07, 6.45) is -1.89. The van der Waals surface area contributed by atoms with Crippen molar-refractivity contribution in [1.82, 2.24) is 9.55 Å². The highest BCUT2D eigenvalue weighted by molar-refractivity contribution is 6.00. The van der Waals surface area contributed by atoms with Crippen LogP contribution in [-0.2, 0) is 28.4 Å². The smallest absolute Gasteiger partial charge is 0.359 e. The molecule has 13 heteroatoms. The van der Waals surface area contributed by atoms with Gasteiger partial charge in [-0.2, -0.15) is 0 Å². The first kappa shape index (κ1) is 32.1. The molecule has 4 aromatic rings. The lowest BCUT2D eigenvalue weighted by Crippen LogP contribution is -2.37. The number of fused-ring (bicyclic) bond motifs is 1. The molecule has 246 valence electrons. The van der Waals surface area contributed by atoms with Gasteiger partial charge in [0.05, 0.1) is 48.6 Å². The van der Waals surface area contributed by atoms with Gasteiger partial charge >= 0.3 is 29.8 Å². The van der Waals surface area contributed by atoms with Gasteiger partial charge in [-0.3, -0.25) is 4.57 Å². The molecule has 3 aromatic carbocycles. The van der Waals surface area contributed by atoms with E-state index < -0.39 is 59.6 Å². The third kappa shape index (κ3) is 5.91. The summed E-state index contributed by atoms with van der Waals surface area (Å²) in [7, 11) is 2.27. The number of esters is 5. The number of carbonyl (C=O) groups excluding carboxylic acids is 5. The molecular weight excluding hydrogens is 624 g/mol. The molecule has 1 aliphatic heterocycles. The van der Waals surface area contributed by atoms with E-state index in [4.69, 9.17) is 28.4 Å². The van der Waals surface area contributed by atoms with E-state index in [2.05, 4.69) is 4.98 Å². The predicted octanol–water partition coefficient (Wildman–Crippen LogP) is 3.91. The van der Waals surface area contributed by atoms with Crippen LogP contribution in [0.3, 0.4) is 0 Å². The summed E-state index contributed by atoms with van der Waals surface area (Å²) in [4.78, 5) is 69.1. The third-order valence-electron chi connectivity index (χ3n) is 8.48. The molecule has 48 heavy (non-hydrogen) atoms. The molecule has 1 aliphatic carbocycles. The number of hydrogen-bond donors (Lipinski definition) is 0. The number of hydrogen-bond acceptors (Lipinski definition) is 12. The fourth-order valence-electron chi connectivity index (χ4n) is 6.05. The maximum absolute atomic E-state index is 13.4. The summed E-state index contributed by atoms with van der Waals surface area (Å²) in [5.74, 6) is -4.51. The van der Waals surface area contributed by atoms with E-state index in [1.807, 2.05) is 0 Å². The Labute approximate surface area is 274 Å². The molecule has 2 aliphatic rings. The molecule has 2 heterocycles. The minimum absolute atomic E-state index is 0.272. The van der Waals surface area contributed by atoms with Gasteiger partial charge in [-0.1, -0.05) is 54.6 Å². The van der Waals surface area contributed by atoms with E-state index in [1.165, 1.54) is 10.9 Å². The third-order valence-corrected chi connectivity index (χ3v) is 8.48. The van der Waals surface area contributed by atoms with Crippen LogP contribution in [0.25, 0.3) is 0 Å². The Bertz CT molecular complexity index is 1830. The minimum Gasteiger partial charge on any atom is -0.464 e. The van der Waals surface area contributed by atoms with Gasteiger partial charge in [0.1, 0.15) is 31.6 Å². The van der Waals surface area contributed by atoms with Gasteiger partial charge in [0.2, 0.25) is 0 Å². The average molecular weight is 655 g/mol. The molecule has 0 spiro atoms. The summed E-state index contributed by atoms with van der Waals surface area (Å²) in [6.45, 7) is -0.649. The number of ether oxygens (including phenoxy) is 6. The van der Waals surface area contributed by atoms with Gasteiger partial charge in [0, 0.05) is 0 Å². The number of nitrogens with zero attached hydrogens (tertiary/aromatic N) is 2. The highest BCUT2D eigenvalue weighted by atomic mass is 16.6. The van der Waals surface area contributed by atoms with Gasteiger partial charge in [-0.05, 0) is 36.4 Å². The number of rotatable bonds is 11. The van der Waals surface area contributed by atoms with Crippen molar-refractivity contribution < 1.29 is 52.4 Å². The number of imidazole rings is 1. The second-order valence-electron chi connectivity index (χ2n) is 11.1. The molecule has 13 nitrogen and oxygen atoms in total. The van der Waals surface area contributed by atoms with Gasteiger partial charge < -0.3 is 28.4 Å². The number of benzene rings is 3. The van der Waals surface area contributed by atoms with E-state index in [0.29, 0.717) is 5.56 Å². The van der Waals surface area contributed by atoms with E-state index in [1.54, 1.807) is 91.0 Å². The molecule has 6 rings (SSSR count). The van der Waals surface area contributed by atoms with Crippen molar-refractivity contribution in [3.63, 3.8) is 0 Å². The molecule has 0 bridgehead atoms. The zero-order valence-electron chi connectivity index (χ0n) is 25.8. The Morgan fingerprint density at radius 3 is 1.77 bits per heavy atom. The molecule has 1 saturated heterocycles. The van der Waals surface area contributed by atoms with Crippen molar-refractivity contribution in [2.45, 2.75) is 18.4 Å². The summed E-state index contributed by atoms with van der Waals surface area (Å²) in [6, 6.07) is 24.9. The normalized spacial score (nSPS) is 22.1. The van der Waals surface area contributed by atoms with Crippen molar-refractivity contribution in [2.24, 2.45) is 11.3 Å². The topological polar surface area (TPSA) is 159 Å². The molecule has 0 radical (unpaired) electrons. The largest absolute Gasteiger partial charge is 0.464 e. The second kappa shape index (κ2) is 13.5. The fourth-order valence-corrected chi connectivity index (χ4v) is 6.05. The highest BCUT2D eigenvalue weighted by Crippen LogP contribution is 2.68. The van der Waals surface area contributed by atoms with E-state index >= 15 is 0 Å². The summed E-state index contributed by atoms with van der Waals surface area (Å²) >= 11 is 0. The fraction of sp³-hybridized carbons (Fsp3) is 0.257. The number of methoxy groups -OCH3 is 2. The first-order valence-electron chi connectivity index (χ1n) is 14.9. The standard InChI is InChI=1S/C35H30N2O11/c1-43-33(41)26-27(34(42)44-2)37(20-36-26)29-25-28(48-32(40)23-16-10-5-11-17-23)35(25,19-46-31(39)22-14-8-4-9-15-22)24(47-29)18-45-30(38)21-12-6-3-7-13-21/h3-17,20,24-25,28-29H,18-19H2,1-2H3. The second-order valence-corrected chi connectivity index (χ2v) is 11.1. The number of aromatic nitrogens is 2. The summed E-state index contributed by atoms with van der Waals surface area (Å²) in [5.41, 5.74) is -0.995. The lowest BCUT2D eigenvalue weighted by molar-refractivity contribution is -0.0981. The molecule has 5 unspecified atom stereocenters. The Morgan fingerprint density at radius 1 is 0.708 bits per heavy atom. The van der Waals surface area contributed by atoms with Crippen molar-refractivity contribution in [2.75, 3.05) is 27.4 Å². The average Bonchev–Trinajstić information content (AvgIpc) is 3.39. The Kier molecular flexibility index (Phi) is 9.04. The SMILES string of the molecule is COC(=O)c1ncn(C2OC(COC(=O)c3ccccc3)C3(COC(=O)c4ccccc4)C(OC(=O)c4ccccc4)C23)c1C(=O)OC. The highest BCUT2D eigenvalue weighted by Gasteiger charge is 2.80. The minimum atomic E-state index is -1.25. The monoisotopic (exact) mass is 654 g/mol. The van der Waals surface area contributed by atoms with Crippen LogP contribution in [-0.4, -0.2) is 79.0 Å². The lowest BCUT2D eigenvalue weighted by atomic mass is 9.98. The first-order chi connectivity index (χ1) is 23.3. The lowest BCUT2D eigenvalue weighted by Gasteiger charge is -2.27. The van der Waals surface area contributed by atoms with Crippen LogP contribution in [0.4, 0.5) is 0 Å². The van der Waals surface area contributed by atoms with E-state index in [0.717, 1.165) is 14.2 Å².